The zero-order valence-electron chi connectivity index (χ0n) is 9.88. The van der Waals surface area contributed by atoms with E-state index in [0.717, 1.165) is 19.4 Å². The van der Waals surface area contributed by atoms with E-state index in [1.165, 1.54) is 6.26 Å². The highest BCUT2D eigenvalue weighted by Gasteiger charge is 2.10. The summed E-state index contributed by atoms with van der Waals surface area (Å²) in [6.45, 7) is 6.24. The van der Waals surface area contributed by atoms with Gasteiger partial charge >= 0.3 is 0 Å². The first-order chi connectivity index (χ1) is 7.77. The zero-order chi connectivity index (χ0) is 11.8. The van der Waals surface area contributed by atoms with E-state index in [-0.39, 0.29) is 5.91 Å². The summed E-state index contributed by atoms with van der Waals surface area (Å²) in [5, 5.41) is 5.91. The Bertz CT molecular complexity index is 323. The number of hydrogen-bond donors (Lipinski definition) is 2. The summed E-state index contributed by atoms with van der Waals surface area (Å²) >= 11 is 0. The van der Waals surface area contributed by atoms with Crippen LogP contribution in [0.1, 0.15) is 43.1 Å². The molecule has 2 N–H and O–H groups in total. The lowest BCUT2D eigenvalue weighted by molar-refractivity contribution is 0.0948. The molecule has 0 fully saturated rings. The van der Waals surface area contributed by atoms with Gasteiger partial charge in [-0.3, -0.25) is 4.79 Å². The van der Waals surface area contributed by atoms with Gasteiger partial charge < -0.3 is 15.1 Å². The number of nitrogens with zero attached hydrogens (tertiary/aromatic N) is 1. The highest BCUT2D eigenvalue weighted by molar-refractivity contribution is 5.91. The van der Waals surface area contributed by atoms with Crippen LogP contribution in [0.4, 0.5) is 0 Å². The average Bonchev–Trinajstić information content (AvgIpc) is 2.75. The van der Waals surface area contributed by atoms with E-state index in [9.17, 15) is 4.79 Å². The molecule has 0 spiro atoms. The molecule has 0 aliphatic carbocycles. The van der Waals surface area contributed by atoms with Crippen LogP contribution < -0.4 is 10.6 Å². The fraction of sp³-hybridized carbons (Fsp3) is 0.636. The summed E-state index contributed by atoms with van der Waals surface area (Å²) in [6.07, 6.45) is 3.37. The zero-order valence-corrected chi connectivity index (χ0v) is 9.88. The summed E-state index contributed by atoms with van der Waals surface area (Å²) in [5.41, 5.74) is 0.349. The third kappa shape index (κ3) is 4.02. The lowest BCUT2D eigenvalue weighted by Gasteiger charge is -1.98. The molecule has 5 heteroatoms. The van der Waals surface area contributed by atoms with Crippen molar-refractivity contribution in [1.29, 1.82) is 0 Å². The van der Waals surface area contributed by atoms with Crippen molar-refractivity contribution in [3.05, 3.63) is 17.8 Å². The number of hydrogen-bond acceptors (Lipinski definition) is 4. The van der Waals surface area contributed by atoms with E-state index >= 15 is 0 Å². The first kappa shape index (κ1) is 12.7. The van der Waals surface area contributed by atoms with E-state index in [4.69, 9.17) is 4.42 Å². The molecule has 0 aromatic carbocycles. The number of nitrogens with one attached hydrogen (secondary N) is 2. The van der Waals surface area contributed by atoms with Gasteiger partial charge in [-0.05, 0) is 19.4 Å². The van der Waals surface area contributed by atoms with E-state index < -0.39 is 0 Å². The van der Waals surface area contributed by atoms with Gasteiger partial charge in [0, 0.05) is 6.54 Å². The molecule has 1 aromatic heterocycles. The van der Waals surface area contributed by atoms with Crippen LogP contribution in [0.25, 0.3) is 0 Å². The monoisotopic (exact) mass is 225 g/mol. The topological polar surface area (TPSA) is 67.2 Å². The molecule has 1 heterocycles. The number of aromatic nitrogens is 1. The number of amides is 1. The molecule has 0 bridgehead atoms. The molecule has 0 aliphatic rings. The van der Waals surface area contributed by atoms with Gasteiger partial charge in [-0.2, -0.15) is 0 Å². The molecule has 16 heavy (non-hydrogen) atoms. The Morgan fingerprint density at radius 2 is 2.12 bits per heavy atom. The van der Waals surface area contributed by atoms with E-state index in [0.29, 0.717) is 24.7 Å². The van der Waals surface area contributed by atoms with Gasteiger partial charge in [-0.25, -0.2) is 4.98 Å². The number of carbonyl (C=O) groups excluding carboxylic acids is 1. The van der Waals surface area contributed by atoms with Crippen molar-refractivity contribution in [1.82, 2.24) is 15.6 Å². The Hall–Kier alpha value is -1.36. The molecule has 0 saturated carbocycles. The highest BCUT2D eigenvalue weighted by Crippen LogP contribution is 2.01. The summed E-state index contributed by atoms with van der Waals surface area (Å²) in [6, 6.07) is 0. The standard InChI is InChI=1S/C11H19N3O2/c1-3-5-12-7-10-14-9(8-16-10)11(15)13-6-4-2/h8,12H,3-7H2,1-2H3,(H,13,15). The molecule has 5 nitrogen and oxygen atoms in total. The lowest BCUT2D eigenvalue weighted by Crippen LogP contribution is -2.24. The molecule has 0 saturated heterocycles. The minimum atomic E-state index is -0.174. The molecule has 0 aliphatic heterocycles. The van der Waals surface area contributed by atoms with Crippen molar-refractivity contribution in [2.45, 2.75) is 33.2 Å². The predicted molar refractivity (Wildman–Crippen MR) is 61.1 cm³/mol. The van der Waals surface area contributed by atoms with E-state index in [1.54, 1.807) is 0 Å². The van der Waals surface area contributed by atoms with Gasteiger partial charge in [0.05, 0.1) is 6.54 Å². The van der Waals surface area contributed by atoms with Gasteiger partial charge in [0.25, 0.3) is 5.91 Å². The quantitative estimate of drug-likeness (QED) is 0.687. The molecule has 0 unspecified atom stereocenters. The smallest absolute Gasteiger partial charge is 0.273 e. The maximum absolute atomic E-state index is 11.5. The van der Waals surface area contributed by atoms with Crippen molar-refractivity contribution in [2.75, 3.05) is 13.1 Å². The van der Waals surface area contributed by atoms with Crippen LogP contribution in [0, 0.1) is 0 Å². The van der Waals surface area contributed by atoms with Crippen molar-refractivity contribution in [3.8, 4) is 0 Å². The molecule has 0 atom stereocenters. The Balaban J connectivity index is 2.41. The molecular formula is C11H19N3O2. The largest absolute Gasteiger partial charge is 0.447 e. The normalized spacial score (nSPS) is 10.4. The van der Waals surface area contributed by atoms with Gasteiger partial charge in [0.2, 0.25) is 5.89 Å². The Morgan fingerprint density at radius 3 is 2.81 bits per heavy atom. The Labute approximate surface area is 95.6 Å². The molecule has 1 rings (SSSR count). The first-order valence-electron chi connectivity index (χ1n) is 5.71. The van der Waals surface area contributed by atoms with Gasteiger partial charge in [-0.1, -0.05) is 13.8 Å². The van der Waals surface area contributed by atoms with Gasteiger partial charge in [0.15, 0.2) is 5.69 Å². The third-order valence-electron chi connectivity index (χ3n) is 2.02. The average molecular weight is 225 g/mol. The van der Waals surface area contributed by atoms with Gasteiger partial charge in [0.1, 0.15) is 6.26 Å². The molecule has 1 aromatic rings. The van der Waals surface area contributed by atoms with Crippen molar-refractivity contribution in [3.63, 3.8) is 0 Å². The van der Waals surface area contributed by atoms with Crippen LogP contribution in [0.15, 0.2) is 10.7 Å². The highest BCUT2D eigenvalue weighted by atomic mass is 16.3. The number of oxazole rings is 1. The fourth-order valence-corrected chi connectivity index (χ4v) is 1.20. The second-order valence-electron chi connectivity index (χ2n) is 3.56. The molecule has 0 radical (unpaired) electrons. The molecular weight excluding hydrogens is 206 g/mol. The van der Waals surface area contributed by atoms with Crippen LogP contribution in [-0.2, 0) is 6.54 Å². The summed E-state index contributed by atoms with van der Waals surface area (Å²) < 4.78 is 5.18. The van der Waals surface area contributed by atoms with Crippen LogP contribution in [0.5, 0.6) is 0 Å². The summed E-state index contributed by atoms with van der Waals surface area (Å²) in [4.78, 5) is 15.6. The van der Waals surface area contributed by atoms with Crippen molar-refractivity contribution >= 4 is 5.91 Å². The first-order valence-corrected chi connectivity index (χ1v) is 5.71. The van der Waals surface area contributed by atoms with Crippen molar-refractivity contribution in [2.24, 2.45) is 0 Å². The molecule has 90 valence electrons. The van der Waals surface area contributed by atoms with E-state index in [2.05, 4.69) is 22.5 Å². The third-order valence-corrected chi connectivity index (χ3v) is 2.02. The van der Waals surface area contributed by atoms with Crippen LogP contribution in [-0.4, -0.2) is 24.0 Å². The second kappa shape index (κ2) is 7.00. The SMILES string of the molecule is CCCNCc1nc(C(=O)NCCC)co1. The lowest BCUT2D eigenvalue weighted by atomic mass is 10.4. The maximum Gasteiger partial charge on any atom is 0.273 e. The van der Waals surface area contributed by atoms with Crippen LogP contribution in [0.3, 0.4) is 0 Å². The Morgan fingerprint density at radius 1 is 1.38 bits per heavy atom. The summed E-state index contributed by atoms with van der Waals surface area (Å²) in [5.74, 6) is 0.377. The second-order valence-corrected chi connectivity index (χ2v) is 3.56. The predicted octanol–water partition coefficient (Wildman–Crippen LogP) is 1.31. The van der Waals surface area contributed by atoms with Crippen molar-refractivity contribution < 1.29 is 9.21 Å². The Kier molecular flexibility index (Phi) is 5.56. The minimum Gasteiger partial charge on any atom is -0.447 e. The van der Waals surface area contributed by atoms with Crippen LogP contribution >= 0.6 is 0 Å². The molecule has 1 amide bonds. The van der Waals surface area contributed by atoms with Gasteiger partial charge in [-0.15, -0.1) is 0 Å². The summed E-state index contributed by atoms with van der Waals surface area (Å²) in [7, 11) is 0. The fourth-order valence-electron chi connectivity index (χ4n) is 1.20. The maximum atomic E-state index is 11.5. The minimum absolute atomic E-state index is 0.174. The van der Waals surface area contributed by atoms with E-state index in [1.807, 2.05) is 6.92 Å². The number of rotatable bonds is 7. The van der Waals surface area contributed by atoms with Crippen LogP contribution in [0.2, 0.25) is 0 Å². The number of carbonyl (C=O) groups is 1.